The van der Waals surface area contributed by atoms with Crippen LogP contribution >= 0.6 is 11.3 Å². The fourth-order valence-electron chi connectivity index (χ4n) is 1.30. The first kappa shape index (κ1) is 13.4. The summed E-state index contributed by atoms with van der Waals surface area (Å²) in [5.41, 5.74) is 0. The number of benzene rings is 1. The number of carbonyl (C=O) groups is 1. The van der Waals surface area contributed by atoms with Crippen LogP contribution in [0.4, 0.5) is 8.78 Å². The molecule has 0 aliphatic carbocycles. The molecule has 0 aliphatic heterocycles. The zero-order valence-corrected chi connectivity index (χ0v) is 10.6. The Morgan fingerprint density at radius 1 is 1.37 bits per heavy atom. The minimum Gasteiger partial charge on any atom is -0.477 e. The van der Waals surface area contributed by atoms with Gasteiger partial charge >= 0.3 is 5.97 Å². The third-order valence-corrected chi connectivity index (χ3v) is 3.32. The van der Waals surface area contributed by atoms with Crippen LogP contribution in [0.25, 0.3) is 0 Å². The van der Waals surface area contributed by atoms with Crippen LogP contribution in [0.5, 0.6) is 11.6 Å². The Morgan fingerprint density at radius 3 is 2.53 bits per heavy atom. The normalized spacial score (nSPS) is 11.3. The van der Waals surface area contributed by atoms with Crippen molar-refractivity contribution < 1.29 is 23.4 Å². The molecule has 2 aromatic rings. The molecular formula is C12H9F2NO3S. The van der Waals surface area contributed by atoms with Crippen LogP contribution in [0.3, 0.4) is 0 Å². The van der Waals surface area contributed by atoms with Gasteiger partial charge < -0.3 is 9.84 Å². The quantitative estimate of drug-likeness (QED) is 0.929. The van der Waals surface area contributed by atoms with Gasteiger partial charge in [-0.3, -0.25) is 0 Å². The number of aromatic nitrogens is 1. The van der Waals surface area contributed by atoms with Gasteiger partial charge in [0.1, 0.15) is 5.75 Å². The van der Waals surface area contributed by atoms with Gasteiger partial charge in [0.2, 0.25) is 5.88 Å². The highest BCUT2D eigenvalue weighted by Crippen LogP contribution is 2.37. The molecule has 2 rings (SSSR count). The largest absolute Gasteiger partial charge is 0.477 e. The molecule has 0 amide bonds. The number of hydrogen-bond donors (Lipinski definition) is 1. The van der Waals surface area contributed by atoms with Crippen molar-refractivity contribution >= 4 is 17.3 Å². The summed E-state index contributed by atoms with van der Waals surface area (Å²) in [6.45, 7) is 0.657. The van der Waals surface area contributed by atoms with E-state index in [-0.39, 0.29) is 10.8 Å². The van der Waals surface area contributed by atoms with Crippen LogP contribution in [0, 0.1) is 0 Å². The molecule has 0 unspecified atom stereocenters. The average Bonchev–Trinajstić information content (AvgIpc) is 2.74. The van der Waals surface area contributed by atoms with Crippen LogP contribution in [0.2, 0.25) is 0 Å². The summed E-state index contributed by atoms with van der Waals surface area (Å²) in [5.74, 6) is -4.53. The molecule has 1 N–H and O–H groups in total. The maximum atomic E-state index is 13.1. The number of carboxylic acid groups (broad SMARTS) is 1. The Bertz CT molecular complexity index is 593. The van der Waals surface area contributed by atoms with Gasteiger partial charge in [-0.05, 0) is 12.1 Å². The first-order valence-corrected chi connectivity index (χ1v) is 6.05. The van der Waals surface area contributed by atoms with Crippen molar-refractivity contribution in [2.75, 3.05) is 0 Å². The smallest absolute Gasteiger partial charge is 0.351 e. The molecule has 0 saturated carbocycles. The van der Waals surface area contributed by atoms with Crippen LogP contribution in [0.15, 0.2) is 30.3 Å². The number of halogens is 2. The van der Waals surface area contributed by atoms with Gasteiger partial charge in [0.05, 0.1) is 0 Å². The minimum atomic E-state index is -3.20. The molecule has 4 nitrogen and oxygen atoms in total. The number of aromatic carboxylic acids is 1. The van der Waals surface area contributed by atoms with Crippen molar-refractivity contribution in [2.45, 2.75) is 12.8 Å². The van der Waals surface area contributed by atoms with Crippen LogP contribution in [0.1, 0.15) is 21.6 Å². The number of para-hydroxylation sites is 1. The molecule has 1 heterocycles. The van der Waals surface area contributed by atoms with Crippen LogP contribution in [-0.2, 0) is 5.92 Å². The highest BCUT2D eigenvalue weighted by Gasteiger charge is 2.32. The molecule has 7 heteroatoms. The van der Waals surface area contributed by atoms with E-state index >= 15 is 0 Å². The van der Waals surface area contributed by atoms with E-state index in [0.717, 1.165) is 0 Å². The Hall–Kier alpha value is -2.02. The molecule has 0 aliphatic rings. The highest BCUT2D eigenvalue weighted by atomic mass is 32.1. The summed E-state index contributed by atoms with van der Waals surface area (Å²) in [5, 5.41) is 8.38. The first-order chi connectivity index (χ1) is 8.88. The lowest BCUT2D eigenvalue weighted by atomic mass is 10.3. The zero-order chi connectivity index (χ0) is 14.0. The number of nitrogens with zero attached hydrogens (tertiary/aromatic N) is 1. The van der Waals surface area contributed by atoms with Gasteiger partial charge in [-0.1, -0.05) is 18.2 Å². The maximum Gasteiger partial charge on any atom is 0.351 e. The summed E-state index contributed by atoms with van der Waals surface area (Å²) in [6, 6.07) is 8.26. The lowest BCUT2D eigenvalue weighted by molar-refractivity contribution is 0.0169. The van der Waals surface area contributed by atoms with Gasteiger partial charge in [0, 0.05) is 6.92 Å². The van der Waals surface area contributed by atoms with E-state index in [0.29, 0.717) is 24.0 Å². The predicted molar refractivity (Wildman–Crippen MR) is 65.2 cm³/mol. The van der Waals surface area contributed by atoms with E-state index in [1.54, 1.807) is 30.3 Å². The fraction of sp³-hybridized carbons (Fsp3) is 0.167. The SMILES string of the molecule is CC(F)(F)c1nc(Oc2ccccc2)c(C(=O)O)s1. The zero-order valence-electron chi connectivity index (χ0n) is 9.76. The van der Waals surface area contributed by atoms with Gasteiger partial charge in [0.15, 0.2) is 9.88 Å². The van der Waals surface area contributed by atoms with E-state index in [4.69, 9.17) is 9.84 Å². The van der Waals surface area contributed by atoms with Gasteiger partial charge in [-0.25, -0.2) is 4.79 Å². The third kappa shape index (κ3) is 3.05. The van der Waals surface area contributed by atoms with Crippen molar-refractivity contribution in [1.29, 1.82) is 0 Å². The van der Waals surface area contributed by atoms with E-state index in [9.17, 15) is 13.6 Å². The number of hydrogen-bond acceptors (Lipinski definition) is 4. The summed E-state index contributed by atoms with van der Waals surface area (Å²) in [6.07, 6.45) is 0. The molecule has 0 radical (unpaired) electrons. The van der Waals surface area contributed by atoms with Gasteiger partial charge in [0.25, 0.3) is 5.92 Å². The van der Waals surface area contributed by atoms with Crippen molar-refractivity contribution in [1.82, 2.24) is 4.98 Å². The second kappa shape index (κ2) is 4.93. The summed E-state index contributed by atoms with van der Waals surface area (Å²) < 4.78 is 31.5. The molecule has 1 aromatic carbocycles. The molecule has 0 bridgehead atoms. The third-order valence-electron chi connectivity index (χ3n) is 2.12. The van der Waals surface area contributed by atoms with Crippen LogP contribution < -0.4 is 4.74 Å². The summed E-state index contributed by atoms with van der Waals surface area (Å²) >= 11 is 0.408. The second-order valence-electron chi connectivity index (χ2n) is 3.76. The number of ether oxygens (including phenoxy) is 1. The number of rotatable bonds is 4. The molecule has 0 spiro atoms. The molecule has 1 aromatic heterocycles. The Kier molecular flexibility index (Phi) is 3.48. The number of carboxylic acids is 1. The summed E-state index contributed by atoms with van der Waals surface area (Å²) in [7, 11) is 0. The standard InChI is InChI=1S/C12H9F2NO3S/c1-12(13,14)11-15-9(8(19-11)10(16)17)18-7-5-3-2-4-6-7/h2-6H,1H3,(H,16,17). The van der Waals surface area contributed by atoms with Crippen molar-refractivity contribution in [3.8, 4) is 11.6 Å². The predicted octanol–water partition coefficient (Wildman–Crippen LogP) is 3.75. The van der Waals surface area contributed by atoms with Crippen molar-refractivity contribution in [3.63, 3.8) is 0 Å². The lowest BCUT2D eigenvalue weighted by Crippen LogP contribution is -2.05. The van der Waals surface area contributed by atoms with Crippen molar-refractivity contribution in [3.05, 3.63) is 40.2 Å². The Morgan fingerprint density at radius 2 is 2.00 bits per heavy atom. The summed E-state index contributed by atoms with van der Waals surface area (Å²) in [4.78, 5) is 14.2. The topological polar surface area (TPSA) is 59.4 Å². The molecule has 0 saturated heterocycles. The average molecular weight is 285 g/mol. The van der Waals surface area contributed by atoms with Gasteiger partial charge in [-0.2, -0.15) is 13.8 Å². The van der Waals surface area contributed by atoms with Crippen molar-refractivity contribution in [2.24, 2.45) is 0 Å². The van der Waals surface area contributed by atoms with Gasteiger partial charge in [-0.15, -0.1) is 11.3 Å². The minimum absolute atomic E-state index is 0.319. The van der Waals surface area contributed by atoms with Crippen LogP contribution in [-0.4, -0.2) is 16.1 Å². The maximum absolute atomic E-state index is 13.1. The molecular weight excluding hydrogens is 276 g/mol. The van der Waals surface area contributed by atoms with E-state index in [1.807, 2.05) is 0 Å². The molecule has 0 atom stereocenters. The molecule has 100 valence electrons. The first-order valence-electron chi connectivity index (χ1n) is 5.23. The molecule has 19 heavy (non-hydrogen) atoms. The fourth-order valence-corrected chi connectivity index (χ4v) is 2.06. The van der Waals surface area contributed by atoms with E-state index in [2.05, 4.69) is 4.98 Å². The molecule has 0 fully saturated rings. The Balaban J connectivity index is 2.39. The number of alkyl halides is 2. The van der Waals surface area contributed by atoms with E-state index in [1.165, 1.54) is 0 Å². The monoisotopic (exact) mass is 285 g/mol. The number of thiazole rings is 1. The Labute approximate surface area is 111 Å². The highest BCUT2D eigenvalue weighted by molar-refractivity contribution is 7.14. The second-order valence-corrected chi connectivity index (χ2v) is 4.76. The van der Waals surface area contributed by atoms with E-state index < -0.39 is 16.9 Å². The lowest BCUT2D eigenvalue weighted by Gasteiger charge is -2.04.